The molecule has 1 aromatic heterocycles. The summed E-state index contributed by atoms with van der Waals surface area (Å²) in [4.78, 5) is 16.8. The Morgan fingerprint density at radius 1 is 1.07 bits per heavy atom. The van der Waals surface area contributed by atoms with E-state index >= 15 is 0 Å². The van der Waals surface area contributed by atoms with Crippen molar-refractivity contribution in [3.8, 4) is 11.4 Å². The number of amides is 1. The summed E-state index contributed by atoms with van der Waals surface area (Å²) in [5, 5.41) is 2.96. The van der Waals surface area contributed by atoms with Crippen LogP contribution in [0, 0.1) is 0 Å². The second-order valence-electron chi connectivity index (χ2n) is 7.01. The van der Waals surface area contributed by atoms with Gasteiger partial charge < -0.3 is 15.6 Å². The molecule has 2 heterocycles. The van der Waals surface area contributed by atoms with Gasteiger partial charge in [-0.3, -0.25) is 4.79 Å². The molecule has 0 saturated heterocycles. The third-order valence-electron chi connectivity index (χ3n) is 5.11. The van der Waals surface area contributed by atoms with E-state index in [9.17, 15) is 4.79 Å². The van der Waals surface area contributed by atoms with Crippen molar-refractivity contribution in [2.24, 2.45) is 0 Å². The molecule has 2 aromatic carbocycles. The molecule has 3 N–H and O–H groups in total. The lowest BCUT2D eigenvalue weighted by molar-refractivity contribution is -0.116. The highest BCUT2D eigenvalue weighted by atomic mass is 35.5. The van der Waals surface area contributed by atoms with E-state index in [-0.39, 0.29) is 30.7 Å². The summed E-state index contributed by atoms with van der Waals surface area (Å²) in [6.07, 6.45) is 6.58. The van der Waals surface area contributed by atoms with Crippen LogP contribution in [0.5, 0.6) is 0 Å². The van der Waals surface area contributed by atoms with Crippen LogP contribution >= 0.6 is 24.8 Å². The Labute approximate surface area is 183 Å². The Bertz CT molecular complexity index is 954. The van der Waals surface area contributed by atoms with Gasteiger partial charge in [0.2, 0.25) is 5.91 Å². The molecule has 5 nitrogen and oxygen atoms in total. The number of carbonyl (C=O) groups excluding carboxylic acids is 1. The van der Waals surface area contributed by atoms with Crippen molar-refractivity contribution < 1.29 is 4.79 Å². The standard InChI is InChI=1S/C22H24N4O.2ClH/c23-20-7-2-1-5-16(20)10-13-21(27)25-18-11-8-17(9-12-18)22-24-15-19-6-3-4-14-26(19)22;;/h1-2,5,7-9,11-12,15H,3-4,6,10,13-14,23H2,(H,25,27);2*1H. The fourth-order valence-corrected chi connectivity index (χ4v) is 3.60. The van der Waals surface area contributed by atoms with E-state index in [1.807, 2.05) is 54.7 Å². The lowest BCUT2D eigenvalue weighted by Crippen LogP contribution is -2.13. The van der Waals surface area contributed by atoms with E-state index in [0.717, 1.165) is 41.3 Å². The van der Waals surface area contributed by atoms with E-state index in [4.69, 9.17) is 5.73 Å². The van der Waals surface area contributed by atoms with Gasteiger partial charge in [0, 0.05) is 41.8 Å². The van der Waals surface area contributed by atoms with Crippen LogP contribution in [0.1, 0.15) is 30.5 Å². The second-order valence-corrected chi connectivity index (χ2v) is 7.01. The zero-order valence-corrected chi connectivity index (χ0v) is 17.8. The quantitative estimate of drug-likeness (QED) is 0.563. The first kappa shape index (κ1) is 22.8. The number of imidazole rings is 1. The largest absolute Gasteiger partial charge is 0.399 e. The summed E-state index contributed by atoms with van der Waals surface area (Å²) in [7, 11) is 0. The normalized spacial score (nSPS) is 12.3. The summed E-state index contributed by atoms with van der Waals surface area (Å²) in [6, 6.07) is 15.6. The Morgan fingerprint density at radius 2 is 1.83 bits per heavy atom. The fourth-order valence-electron chi connectivity index (χ4n) is 3.60. The number of rotatable bonds is 5. The molecule has 0 aliphatic carbocycles. The lowest BCUT2D eigenvalue weighted by atomic mass is 10.1. The third-order valence-corrected chi connectivity index (χ3v) is 5.11. The van der Waals surface area contributed by atoms with Crippen LogP contribution in [-0.2, 0) is 24.2 Å². The van der Waals surface area contributed by atoms with Gasteiger partial charge in [-0.2, -0.15) is 0 Å². The van der Waals surface area contributed by atoms with Gasteiger partial charge in [0.1, 0.15) is 5.82 Å². The summed E-state index contributed by atoms with van der Waals surface area (Å²) >= 11 is 0. The van der Waals surface area contributed by atoms with Crippen molar-refractivity contribution in [1.82, 2.24) is 9.55 Å². The predicted octanol–water partition coefficient (Wildman–Crippen LogP) is 4.88. The van der Waals surface area contributed by atoms with Gasteiger partial charge in [0.15, 0.2) is 0 Å². The number of fused-ring (bicyclic) bond motifs is 1. The van der Waals surface area contributed by atoms with Gasteiger partial charge >= 0.3 is 0 Å². The van der Waals surface area contributed by atoms with E-state index in [2.05, 4.69) is 14.9 Å². The van der Waals surface area contributed by atoms with Gasteiger partial charge in [-0.05, 0) is 61.6 Å². The first-order chi connectivity index (χ1) is 13.2. The molecule has 0 unspecified atom stereocenters. The molecule has 1 aliphatic rings. The number of carbonyl (C=O) groups is 1. The Morgan fingerprint density at radius 3 is 2.59 bits per heavy atom. The number of halogens is 2. The minimum Gasteiger partial charge on any atom is -0.399 e. The zero-order chi connectivity index (χ0) is 18.6. The van der Waals surface area contributed by atoms with Crippen molar-refractivity contribution in [1.29, 1.82) is 0 Å². The maximum Gasteiger partial charge on any atom is 0.224 e. The minimum absolute atomic E-state index is 0. The highest BCUT2D eigenvalue weighted by Crippen LogP contribution is 2.25. The second kappa shape index (κ2) is 10.3. The lowest BCUT2D eigenvalue weighted by Gasteiger charge is -2.16. The van der Waals surface area contributed by atoms with Crippen molar-refractivity contribution in [3.63, 3.8) is 0 Å². The first-order valence-corrected chi connectivity index (χ1v) is 9.49. The van der Waals surface area contributed by atoms with E-state index < -0.39 is 0 Å². The molecule has 1 aliphatic heterocycles. The Kier molecular flexibility index (Phi) is 8.11. The monoisotopic (exact) mass is 432 g/mol. The highest BCUT2D eigenvalue weighted by Gasteiger charge is 2.15. The number of nitrogens with zero attached hydrogens (tertiary/aromatic N) is 2. The van der Waals surface area contributed by atoms with Gasteiger partial charge in [-0.15, -0.1) is 24.8 Å². The van der Waals surface area contributed by atoms with Crippen LogP contribution in [0.2, 0.25) is 0 Å². The SMILES string of the molecule is Cl.Cl.Nc1ccccc1CCC(=O)Nc1ccc(-c2ncc3n2CCCC3)cc1. The number of nitrogens with two attached hydrogens (primary N) is 1. The van der Waals surface area contributed by atoms with Gasteiger partial charge in [-0.1, -0.05) is 18.2 Å². The number of anilines is 2. The van der Waals surface area contributed by atoms with Crippen molar-refractivity contribution in [2.75, 3.05) is 11.1 Å². The molecule has 0 spiro atoms. The number of benzene rings is 2. The maximum absolute atomic E-state index is 12.2. The molecule has 3 aromatic rings. The van der Waals surface area contributed by atoms with Crippen LogP contribution in [-0.4, -0.2) is 15.5 Å². The van der Waals surface area contributed by atoms with Crippen LogP contribution in [0.3, 0.4) is 0 Å². The molecule has 0 atom stereocenters. The smallest absolute Gasteiger partial charge is 0.224 e. The third kappa shape index (κ3) is 5.31. The van der Waals surface area contributed by atoms with Crippen LogP contribution in [0.15, 0.2) is 54.7 Å². The number of para-hydroxylation sites is 1. The number of hydrogen-bond acceptors (Lipinski definition) is 3. The highest BCUT2D eigenvalue weighted by molar-refractivity contribution is 5.91. The fraction of sp³-hybridized carbons (Fsp3) is 0.273. The number of hydrogen-bond donors (Lipinski definition) is 2. The number of aromatic nitrogens is 2. The van der Waals surface area contributed by atoms with Crippen LogP contribution in [0.25, 0.3) is 11.4 Å². The molecule has 1 amide bonds. The van der Waals surface area contributed by atoms with Crippen molar-refractivity contribution in [2.45, 2.75) is 38.6 Å². The molecular formula is C22H26Cl2N4O. The molecule has 0 saturated carbocycles. The van der Waals surface area contributed by atoms with Gasteiger partial charge in [0.05, 0.1) is 0 Å². The molecule has 0 fully saturated rings. The average Bonchev–Trinajstić information content (AvgIpc) is 3.12. The topological polar surface area (TPSA) is 72.9 Å². The van der Waals surface area contributed by atoms with E-state index in [1.165, 1.54) is 18.5 Å². The zero-order valence-electron chi connectivity index (χ0n) is 16.1. The van der Waals surface area contributed by atoms with E-state index in [1.54, 1.807) is 0 Å². The summed E-state index contributed by atoms with van der Waals surface area (Å²) in [6.45, 7) is 1.03. The predicted molar refractivity (Wildman–Crippen MR) is 123 cm³/mol. The van der Waals surface area contributed by atoms with Crippen LogP contribution in [0.4, 0.5) is 11.4 Å². The van der Waals surface area contributed by atoms with Crippen molar-refractivity contribution in [3.05, 3.63) is 66.0 Å². The molecule has 0 bridgehead atoms. The van der Waals surface area contributed by atoms with E-state index in [0.29, 0.717) is 12.8 Å². The molecular weight excluding hydrogens is 407 g/mol. The van der Waals surface area contributed by atoms with Crippen LogP contribution < -0.4 is 11.1 Å². The summed E-state index contributed by atoms with van der Waals surface area (Å²) in [5.74, 6) is 1.01. The van der Waals surface area contributed by atoms with Gasteiger partial charge in [0.25, 0.3) is 0 Å². The molecule has 7 heteroatoms. The molecule has 154 valence electrons. The number of aryl methyl sites for hydroxylation is 2. The first-order valence-electron chi connectivity index (χ1n) is 9.49. The maximum atomic E-state index is 12.2. The van der Waals surface area contributed by atoms with Gasteiger partial charge in [-0.25, -0.2) is 4.98 Å². The molecule has 4 rings (SSSR count). The summed E-state index contributed by atoms with van der Waals surface area (Å²) < 4.78 is 2.31. The Balaban J connectivity index is 0.00000150. The average molecular weight is 433 g/mol. The summed E-state index contributed by atoms with van der Waals surface area (Å²) in [5.41, 5.74) is 10.9. The Hall–Kier alpha value is -2.50. The minimum atomic E-state index is -0.0100. The number of nitrogens with one attached hydrogen (secondary N) is 1. The van der Waals surface area contributed by atoms with Crippen molar-refractivity contribution >= 4 is 42.1 Å². The number of nitrogen functional groups attached to an aromatic ring is 1. The molecule has 29 heavy (non-hydrogen) atoms. The molecule has 0 radical (unpaired) electrons.